The fourth-order valence-corrected chi connectivity index (χ4v) is 12.1. The third-order valence-electron chi connectivity index (χ3n) is 15.0. The predicted molar refractivity (Wildman–Crippen MR) is 282 cm³/mol. The Kier molecular flexibility index (Phi) is 17.3. The predicted octanol–water partition coefficient (Wildman–Crippen LogP) is 11.3. The molecule has 12 heteroatoms. The van der Waals surface area contributed by atoms with Gasteiger partial charge < -0.3 is 29.2 Å². The van der Waals surface area contributed by atoms with E-state index in [1.54, 1.807) is 38.1 Å². The van der Waals surface area contributed by atoms with E-state index in [9.17, 15) is 19.8 Å². The summed E-state index contributed by atoms with van der Waals surface area (Å²) in [4.78, 5) is 63.2. The Labute approximate surface area is 428 Å². The van der Waals surface area contributed by atoms with E-state index in [1.165, 1.54) is 0 Å². The van der Waals surface area contributed by atoms with Crippen LogP contribution in [0.15, 0.2) is 24.3 Å². The van der Waals surface area contributed by atoms with Crippen LogP contribution in [-0.2, 0) is 72.6 Å². The summed E-state index contributed by atoms with van der Waals surface area (Å²) < 4.78 is 24.7. The molecule has 0 amide bonds. The molecule has 0 aliphatic carbocycles. The lowest BCUT2D eigenvalue weighted by Crippen LogP contribution is -2.64. The highest BCUT2D eigenvalue weighted by Gasteiger charge is 2.56. The standard InChI is InChI=1S/C59H94N2O10/c1-23-68-47(64)35-60-55(15,16)29-39(30-56(60,17)18)70-49(66)59(33-41-43(51(3,4)5)25-37(62)26-44(41)52(6,7)8,34-42-45(53(9,10)11)27-38(63)28-46(42)54(12,13)14)50(67)71-40-31-57(19,20)61(58(21,22)32-40)36-48(65)69-24-2/h25-28,39-40,62-63H,23-24,29-36H2,1-22H3. The summed E-state index contributed by atoms with van der Waals surface area (Å²) in [6.07, 6.45) is -0.116. The molecule has 2 N–H and O–H groups in total. The van der Waals surface area contributed by atoms with Crippen LogP contribution in [-0.4, -0.2) is 105 Å². The molecule has 0 bridgehead atoms. The second-order valence-electron chi connectivity index (χ2n) is 27.4. The summed E-state index contributed by atoms with van der Waals surface area (Å²) in [5.41, 5.74) is -2.17. The maximum absolute atomic E-state index is 16.5. The van der Waals surface area contributed by atoms with Gasteiger partial charge in [-0.05, 0) is 149 Å². The molecule has 2 aliphatic heterocycles. The van der Waals surface area contributed by atoms with E-state index in [4.69, 9.17) is 18.9 Å². The van der Waals surface area contributed by atoms with Crippen molar-refractivity contribution in [2.75, 3.05) is 26.3 Å². The molecule has 2 aromatic carbocycles. The van der Waals surface area contributed by atoms with Gasteiger partial charge in [0.15, 0.2) is 5.41 Å². The van der Waals surface area contributed by atoms with Crippen molar-refractivity contribution in [1.82, 2.24) is 9.80 Å². The Bertz CT molecular complexity index is 2010. The first kappa shape index (κ1) is 59.4. The molecule has 0 radical (unpaired) electrons. The van der Waals surface area contributed by atoms with Gasteiger partial charge in [-0.3, -0.25) is 29.0 Å². The van der Waals surface area contributed by atoms with Crippen molar-refractivity contribution in [3.8, 4) is 11.5 Å². The topological polar surface area (TPSA) is 152 Å². The molecule has 2 aromatic rings. The van der Waals surface area contributed by atoms with Gasteiger partial charge in [-0.2, -0.15) is 0 Å². The average Bonchev–Trinajstić information content (AvgIpc) is 3.16. The second-order valence-corrected chi connectivity index (χ2v) is 27.4. The van der Waals surface area contributed by atoms with Crippen LogP contribution in [0.1, 0.15) is 211 Å². The van der Waals surface area contributed by atoms with E-state index in [2.05, 4.69) is 92.9 Å². The zero-order valence-electron chi connectivity index (χ0n) is 48.1. The number of carbonyl (C=O) groups excluding carboxylic acids is 4. The number of carbonyl (C=O) groups is 4. The Hall–Kier alpha value is -4.16. The number of likely N-dealkylation sites (tertiary alicyclic amines) is 2. The number of hydrogen-bond acceptors (Lipinski definition) is 12. The molecular formula is C59H94N2O10. The van der Waals surface area contributed by atoms with Gasteiger partial charge in [0, 0.05) is 60.7 Å². The zero-order valence-corrected chi connectivity index (χ0v) is 48.1. The van der Waals surface area contributed by atoms with Crippen molar-refractivity contribution in [2.45, 2.75) is 247 Å². The number of ether oxygens (including phenoxy) is 4. The Morgan fingerprint density at radius 2 is 0.732 bits per heavy atom. The van der Waals surface area contributed by atoms with E-state index in [-0.39, 0.29) is 62.6 Å². The van der Waals surface area contributed by atoms with Crippen LogP contribution in [0.4, 0.5) is 0 Å². The highest BCUT2D eigenvalue weighted by molar-refractivity contribution is 6.01. The van der Waals surface area contributed by atoms with Crippen LogP contribution in [0.25, 0.3) is 0 Å². The second kappa shape index (κ2) is 20.6. The number of piperidine rings is 2. The van der Waals surface area contributed by atoms with E-state index in [0.29, 0.717) is 25.7 Å². The third kappa shape index (κ3) is 13.7. The molecule has 2 heterocycles. The summed E-state index contributed by atoms with van der Waals surface area (Å²) in [7, 11) is 0. The minimum absolute atomic E-state index is 0.0636. The van der Waals surface area contributed by atoms with Gasteiger partial charge in [0.2, 0.25) is 0 Å². The van der Waals surface area contributed by atoms with E-state index < -0.39 is 73.4 Å². The molecule has 0 saturated carbocycles. The van der Waals surface area contributed by atoms with Crippen LogP contribution in [0.2, 0.25) is 0 Å². The fraction of sp³-hybridized carbons (Fsp3) is 0.729. The van der Waals surface area contributed by atoms with Crippen LogP contribution >= 0.6 is 0 Å². The van der Waals surface area contributed by atoms with Gasteiger partial charge >= 0.3 is 23.9 Å². The van der Waals surface area contributed by atoms with Gasteiger partial charge in [0.25, 0.3) is 0 Å². The van der Waals surface area contributed by atoms with E-state index in [1.807, 2.05) is 55.4 Å². The Morgan fingerprint density at radius 1 is 0.493 bits per heavy atom. The van der Waals surface area contributed by atoms with E-state index >= 15 is 9.59 Å². The quantitative estimate of drug-likeness (QED) is 0.105. The highest BCUT2D eigenvalue weighted by atomic mass is 16.6. The molecule has 2 saturated heterocycles. The first-order chi connectivity index (χ1) is 32.0. The van der Waals surface area contributed by atoms with Crippen LogP contribution < -0.4 is 0 Å². The molecule has 400 valence electrons. The van der Waals surface area contributed by atoms with Gasteiger partial charge in [0.1, 0.15) is 23.7 Å². The van der Waals surface area contributed by atoms with Crippen LogP contribution in [0.5, 0.6) is 11.5 Å². The van der Waals surface area contributed by atoms with Crippen LogP contribution in [0, 0.1) is 5.41 Å². The van der Waals surface area contributed by atoms with Gasteiger partial charge in [0.05, 0.1) is 26.3 Å². The van der Waals surface area contributed by atoms with Gasteiger partial charge in [-0.1, -0.05) is 83.1 Å². The van der Waals surface area contributed by atoms with Crippen molar-refractivity contribution < 1.29 is 48.3 Å². The molecule has 0 unspecified atom stereocenters. The number of aromatic hydroxyl groups is 2. The number of rotatable bonds is 14. The van der Waals surface area contributed by atoms with Crippen LogP contribution in [0.3, 0.4) is 0 Å². The lowest BCUT2D eigenvalue weighted by Gasteiger charge is -2.55. The maximum Gasteiger partial charge on any atom is 0.324 e. The van der Waals surface area contributed by atoms with Crippen molar-refractivity contribution >= 4 is 23.9 Å². The minimum Gasteiger partial charge on any atom is -0.508 e. The summed E-state index contributed by atoms with van der Waals surface area (Å²) in [6, 6.07) is 7.01. The smallest absolute Gasteiger partial charge is 0.324 e. The first-order valence-electron chi connectivity index (χ1n) is 26.0. The number of nitrogens with zero attached hydrogens (tertiary/aromatic N) is 2. The molecule has 0 aromatic heterocycles. The molecular weight excluding hydrogens is 897 g/mol. The summed E-state index contributed by atoms with van der Waals surface area (Å²) in [6.45, 7) is 45.3. The number of phenols is 2. The number of hydrogen-bond donors (Lipinski definition) is 2. The normalized spacial score (nSPS) is 19.2. The molecule has 2 aliphatic rings. The molecule has 4 rings (SSSR count). The minimum atomic E-state index is -2.04. The average molecular weight is 991 g/mol. The van der Waals surface area contributed by atoms with Gasteiger partial charge in [-0.15, -0.1) is 0 Å². The molecule has 12 nitrogen and oxygen atoms in total. The number of benzene rings is 2. The Balaban J connectivity index is 2.13. The van der Waals surface area contributed by atoms with Crippen molar-refractivity contribution in [3.63, 3.8) is 0 Å². The first-order valence-corrected chi connectivity index (χ1v) is 26.0. The SMILES string of the molecule is CCOC(=O)CN1C(C)(C)CC(OC(=O)C(Cc2c(C(C)(C)C)cc(O)cc2C(C)(C)C)(Cc2c(C(C)(C)C)cc(O)cc2C(C)(C)C)C(=O)OC2CC(C)(C)N(CC(=O)OCC)C(C)(C)C2)CC1(C)C. The monoisotopic (exact) mass is 991 g/mol. The van der Waals surface area contributed by atoms with Gasteiger partial charge in [-0.25, -0.2) is 0 Å². The summed E-state index contributed by atoms with van der Waals surface area (Å²) in [5, 5.41) is 22.9. The molecule has 71 heavy (non-hydrogen) atoms. The number of esters is 4. The number of phenolic OH excluding ortho intramolecular Hbond substituents is 2. The lowest BCUT2D eigenvalue weighted by atomic mass is 9.66. The molecule has 2 fully saturated rings. The lowest BCUT2D eigenvalue weighted by molar-refractivity contribution is -0.190. The van der Waals surface area contributed by atoms with Crippen molar-refractivity contribution in [2.24, 2.45) is 5.41 Å². The van der Waals surface area contributed by atoms with Crippen molar-refractivity contribution in [3.05, 3.63) is 57.6 Å². The third-order valence-corrected chi connectivity index (χ3v) is 15.0. The molecule has 0 spiro atoms. The Morgan fingerprint density at radius 3 is 0.944 bits per heavy atom. The fourth-order valence-electron chi connectivity index (χ4n) is 12.1. The summed E-state index contributed by atoms with van der Waals surface area (Å²) >= 11 is 0. The van der Waals surface area contributed by atoms with Crippen molar-refractivity contribution in [1.29, 1.82) is 0 Å². The van der Waals surface area contributed by atoms with E-state index in [0.717, 1.165) is 33.4 Å². The molecule has 0 atom stereocenters. The highest BCUT2D eigenvalue weighted by Crippen LogP contribution is 2.49. The largest absolute Gasteiger partial charge is 0.508 e. The maximum atomic E-state index is 16.5. The zero-order chi connectivity index (χ0) is 54.5. The summed E-state index contributed by atoms with van der Waals surface area (Å²) in [5.74, 6) is -1.95.